The van der Waals surface area contributed by atoms with Crippen molar-refractivity contribution in [2.24, 2.45) is 0 Å². The quantitative estimate of drug-likeness (QED) is 0.655. The molecule has 5 rings (SSSR count). The summed E-state index contributed by atoms with van der Waals surface area (Å²) in [7, 11) is 0. The average Bonchev–Trinajstić information content (AvgIpc) is 3.34. The van der Waals surface area contributed by atoms with Crippen LogP contribution in [0.5, 0.6) is 0 Å². The summed E-state index contributed by atoms with van der Waals surface area (Å²) in [6.07, 6.45) is 7.16. The number of hydrogen-bond acceptors (Lipinski definition) is 7. The third-order valence-electron chi connectivity index (χ3n) is 6.03. The van der Waals surface area contributed by atoms with E-state index in [2.05, 4.69) is 19.9 Å². The third kappa shape index (κ3) is 4.06. The number of fused-ring (bicyclic) bond motifs is 1. The topological polar surface area (TPSA) is 84.6 Å². The van der Waals surface area contributed by atoms with Crippen molar-refractivity contribution in [3.63, 3.8) is 0 Å². The van der Waals surface area contributed by atoms with Crippen LogP contribution >= 0.6 is 0 Å². The van der Waals surface area contributed by atoms with Crippen LogP contribution in [-0.4, -0.2) is 76.1 Å². The van der Waals surface area contributed by atoms with Gasteiger partial charge in [0, 0.05) is 43.8 Å². The molecule has 0 aliphatic carbocycles. The first-order valence-corrected chi connectivity index (χ1v) is 10.5. The van der Waals surface area contributed by atoms with E-state index in [1.54, 1.807) is 12.4 Å². The van der Waals surface area contributed by atoms with E-state index in [1.165, 1.54) is 6.39 Å². The van der Waals surface area contributed by atoms with Gasteiger partial charge in [0.2, 0.25) is 5.91 Å². The smallest absolute Gasteiger partial charge is 0.228 e. The lowest BCUT2D eigenvalue weighted by Crippen LogP contribution is -2.50. The number of carbonyl (C=O) groups excluding carboxylic acids is 1. The second-order valence-corrected chi connectivity index (χ2v) is 7.87. The Morgan fingerprint density at radius 3 is 2.70 bits per heavy atom. The van der Waals surface area contributed by atoms with Crippen LogP contribution in [0.2, 0.25) is 0 Å². The van der Waals surface area contributed by atoms with Gasteiger partial charge in [0.1, 0.15) is 5.69 Å². The zero-order valence-electron chi connectivity index (χ0n) is 16.9. The Morgan fingerprint density at radius 1 is 1.10 bits per heavy atom. The van der Waals surface area contributed by atoms with Gasteiger partial charge in [-0.2, -0.15) is 0 Å². The van der Waals surface area contributed by atoms with Gasteiger partial charge >= 0.3 is 0 Å². The fraction of sp³-hybridized carbons (Fsp3) is 0.455. The van der Waals surface area contributed by atoms with Gasteiger partial charge in [-0.15, -0.1) is 0 Å². The van der Waals surface area contributed by atoms with Crippen LogP contribution in [0.3, 0.4) is 0 Å². The van der Waals surface area contributed by atoms with Crippen molar-refractivity contribution in [2.45, 2.75) is 25.3 Å². The Bertz CT molecular complexity index is 1010. The number of aromatic nitrogens is 3. The van der Waals surface area contributed by atoms with E-state index in [4.69, 9.17) is 9.15 Å². The second-order valence-electron chi connectivity index (χ2n) is 7.87. The predicted molar refractivity (Wildman–Crippen MR) is 111 cm³/mol. The maximum atomic E-state index is 12.8. The minimum Gasteiger partial charge on any atom is -0.442 e. The number of ether oxygens (including phenoxy) is 1. The minimum atomic E-state index is 0.133. The SMILES string of the molecule is O=C(Cc1cc2nc(-c3cnco3)ccc2cn1)N1CCC(N2CCOCC2)CC1. The summed E-state index contributed by atoms with van der Waals surface area (Å²) in [5.74, 6) is 0.753. The van der Waals surface area contributed by atoms with E-state index in [9.17, 15) is 4.79 Å². The molecule has 5 heterocycles. The Morgan fingerprint density at radius 2 is 1.93 bits per heavy atom. The molecular formula is C22H25N5O3. The normalized spacial score (nSPS) is 18.7. The number of amides is 1. The summed E-state index contributed by atoms with van der Waals surface area (Å²) >= 11 is 0. The Hall–Kier alpha value is -2.84. The maximum absolute atomic E-state index is 12.8. The van der Waals surface area contributed by atoms with E-state index in [-0.39, 0.29) is 5.91 Å². The number of morpholine rings is 1. The fourth-order valence-corrected chi connectivity index (χ4v) is 4.32. The first kappa shape index (κ1) is 19.1. The summed E-state index contributed by atoms with van der Waals surface area (Å²) in [5.41, 5.74) is 2.26. The summed E-state index contributed by atoms with van der Waals surface area (Å²) in [6, 6.07) is 6.30. The van der Waals surface area contributed by atoms with E-state index in [0.29, 0.717) is 23.9 Å². The van der Waals surface area contributed by atoms with Gasteiger partial charge in [0.05, 0.1) is 37.0 Å². The summed E-state index contributed by atoms with van der Waals surface area (Å²) in [4.78, 5) is 30.4. The minimum absolute atomic E-state index is 0.133. The monoisotopic (exact) mass is 407 g/mol. The number of carbonyl (C=O) groups is 1. The molecule has 0 unspecified atom stereocenters. The first-order chi connectivity index (χ1) is 14.8. The highest BCUT2D eigenvalue weighted by Gasteiger charge is 2.27. The molecule has 30 heavy (non-hydrogen) atoms. The Labute approximate surface area is 174 Å². The number of oxazole rings is 1. The van der Waals surface area contributed by atoms with Gasteiger partial charge < -0.3 is 14.1 Å². The molecule has 2 saturated heterocycles. The molecule has 2 aliphatic rings. The summed E-state index contributed by atoms with van der Waals surface area (Å²) in [6.45, 7) is 5.26. The lowest BCUT2D eigenvalue weighted by Gasteiger charge is -2.40. The van der Waals surface area contributed by atoms with Crippen LogP contribution in [0.4, 0.5) is 0 Å². The van der Waals surface area contributed by atoms with Gasteiger partial charge in [-0.3, -0.25) is 14.7 Å². The molecule has 2 fully saturated rings. The van der Waals surface area contributed by atoms with Gasteiger partial charge in [-0.25, -0.2) is 9.97 Å². The van der Waals surface area contributed by atoms with Crippen molar-refractivity contribution in [2.75, 3.05) is 39.4 Å². The number of likely N-dealkylation sites (tertiary alicyclic amines) is 1. The molecule has 0 bridgehead atoms. The molecule has 0 aromatic carbocycles. The van der Waals surface area contributed by atoms with E-state index in [1.807, 2.05) is 23.1 Å². The van der Waals surface area contributed by atoms with Crippen molar-refractivity contribution in [3.8, 4) is 11.5 Å². The largest absolute Gasteiger partial charge is 0.442 e. The molecule has 0 radical (unpaired) electrons. The molecule has 3 aromatic heterocycles. The zero-order chi connectivity index (χ0) is 20.3. The van der Waals surface area contributed by atoms with Crippen LogP contribution in [0.15, 0.2) is 41.4 Å². The van der Waals surface area contributed by atoms with Crippen molar-refractivity contribution in [1.29, 1.82) is 0 Å². The maximum Gasteiger partial charge on any atom is 0.228 e. The van der Waals surface area contributed by atoms with Crippen LogP contribution in [0.1, 0.15) is 18.5 Å². The third-order valence-corrected chi connectivity index (χ3v) is 6.03. The Kier molecular flexibility index (Phi) is 5.42. The summed E-state index contributed by atoms with van der Waals surface area (Å²) < 4.78 is 10.8. The molecular weight excluding hydrogens is 382 g/mol. The number of nitrogens with zero attached hydrogens (tertiary/aromatic N) is 5. The van der Waals surface area contributed by atoms with Gasteiger partial charge in [-0.1, -0.05) is 0 Å². The molecule has 8 nitrogen and oxygen atoms in total. The average molecular weight is 407 g/mol. The van der Waals surface area contributed by atoms with Gasteiger partial charge in [-0.05, 0) is 31.0 Å². The number of hydrogen-bond donors (Lipinski definition) is 0. The molecule has 3 aromatic rings. The standard InChI is InChI=1S/C22H25N5O3/c28-22(27-5-3-18(4-6-27)26-7-9-29-10-8-26)12-17-11-20-16(13-24-17)1-2-19(25-20)21-14-23-15-30-21/h1-2,11,13-15,18H,3-10,12H2. The Balaban J connectivity index is 1.23. The van der Waals surface area contributed by atoms with Crippen LogP contribution < -0.4 is 0 Å². The molecule has 2 aliphatic heterocycles. The van der Waals surface area contributed by atoms with Crippen LogP contribution in [0, 0.1) is 0 Å². The van der Waals surface area contributed by atoms with Gasteiger partial charge in [0.15, 0.2) is 12.2 Å². The highest BCUT2D eigenvalue weighted by Crippen LogP contribution is 2.22. The van der Waals surface area contributed by atoms with Crippen molar-refractivity contribution in [1.82, 2.24) is 24.8 Å². The highest BCUT2D eigenvalue weighted by molar-refractivity contribution is 5.83. The predicted octanol–water partition coefficient (Wildman–Crippen LogP) is 2.15. The molecule has 8 heteroatoms. The lowest BCUT2D eigenvalue weighted by atomic mass is 10.0. The fourth-order valence-electron chi connectivity index (χ4n) is 4.32. The second kappa shape index (κ2) is 8.49. The number of piperidine rings is 1. The molecule has 1 amide bonds. The van der Waals surface area contributed by atoms with E-state index >= 15 is 0 Å². The molecule has 0 saturated carbocycles. The lowest BCUT2D eigenvalue weighted by molar-refractivity contribution is -0.132. The molecule has 0 spiro atoms. The van der Waals surface area contributed by atoms with E-state index in [0.717, 1.165) is 68.8 Å². The first-order valence-electron chi connectivity index (χ1n) is 10.5. The summed E-state index contributed by atoms with van der Waals surface area (Å²) in [5, 5.41) is 0.931. The molecule has 0 N–H and O–H groups in total. The van der Waals surface area contributed by atoms with Crippen LogP contribution in [0.25, 0.3) is 22.4 Å². The zero-order valence-corrected chi connectivity index (χ0v) is 16.9. The van der Waals surface area contributed by atoms with Crippen molar-refractivity contribution < 1.29 is 13.9 Å². The number of rotatable bonds is 4. The highest BCUT2D eigenvalue weighted by atomic mass is 16.5. The number of pyridine rings is 2. The molecule has 0 atom stereocenters. The van der Waals surface area contributed by atoms with Crippen molar-refractivity contribution in [3.05, 3.63) is 42.7 Å². The van der Waals surface area contributed by atoms with Crippen molar-refractivity contribution >= 4 is 16.8 Å². The van der Waals surface area contributed by atoms with Crippen LogP contribution in [-0.2, 0) is 16.0 Å². The van der Waals surface area contributed by atoms with Gasteiger partial charge in [0.25, 0.3) is 0 Å². The van der Waals surface area contributed by atoms with E-state index < -0.39 is 0 Å². The molecule has 156 valence electrons.